The number of rotatable bonds is 6. The molecule has 0 aliphatic carbocycles. The Balaban J connectivity index is 1.30. The minimum atomic E-state index is -0.522. The van der Waals surface area contributed by atoms with Crippen molar-refractivity contribution in [3.63, 3.8) is 0 Å². The molecule has 0 amide bonds. The predicted molar refractivity (Wildman–Crippen MR) is 129 cm³/mol. The van der Waals surface area contributed by atoms with Gasteiger partial charge in [-0.1, -0.05) is 0 Å². The Morgan fingerprint density at radius 2 is 1.74 bits per heavy atom. The first-order chi connectivity index (χ1) is 16.7. The first-order valence-electron chi connectivity index (χ1n) is 11.5. The van der Waals surface area contributed by atoms with E-state index < -0.39 is 5.82 Å². The van der Waals surface area contributed by atoms with Crippen molar-refractivity contribution in [3.05, 3.63) is 54.5 Å². The molecule has 2 aliphatic heterocycles. The van der Waals surface area contributed by atoms with Gasteiger partial charge in [0.1, 0.15) is 17.5 Å². The summed E-state index contributed by atoms with van der Waals surface area (Å²) in [7, 11) is 0. The molecule has 9 heteroatoms. The van der Waals surface area contributed by atoms with E-state index in [4.69, 9.17) is 19.9 Å². The summed E-state index contributed by atoms with van der Waals surface area (Å²) in [5, 5.41) is 3.15. The number of hydrogen-bond donors (Lipinski definition) is 2. The van der Waals surface area contributed by atoms with Crippen LogP contribution in [0.4, 0.5) is 27.4 Å². The lowest BCUT2D eigenvalue weighted by molar-refractivity contribution is 0.0259. The third-order valence-electron chi connectivity index (χ3n) is 5.99. The third-order valence-corrected chi connectivity index (χ3v) is 5.99. The number of halogens is 1. The minimum Gasteiger partial charge on any atom is -0.488 e. The van der Waals surface area contributed by atoms with Crippen LogP contribution in [0.5, 0.6) is 5.75 Å². The Morgan fingerprint density at radius 1 is 1.00 bits per heavy atom. The Labute approximate surface area is 197 Å². The zero-order valence-electron chi connectivity index (χ0n) is 18.9. The third kappa shape index (κ3) is 5.21. The molecule has 3 aromatic rings. The predicted octanol–water partition coefficient (Wildman–Crippen LogP) is 4.00. The maximum Gasteiger partial charge on any atom is 0.227 e. The maximum absolute atomic E-state index is 14.6. The first-order valence-corrected chi connectivity index (χ1v) is 11.5. The van der Waals surface area contributed by atoms with E-state index in [0.29, 0.717) is 36.2 Å². The molecular weight excluding hydrogens is 437 g/mol. The highest BCUT2D eigenvalue weighted by molar-refractivity contribution is 5.70. The highest BCUT2D eigenvalue weighted by atomic mass is 19.1. The topological polar surface area (TPSA) is 94.8 Å². The van der Waals surface area contributed by atoms with E-state index >= 15 is 0 Å². The highest BCUT2D eigenvalue weighted by Crippen LogP contribution is 2.31. The van der Waals surface area contributed by atoms with Crippen LogP contribution in [0.2, 0.25) is 0 Å². The van der Waals surface area contributed by atoms with Gasteiger partial charge in [-0.05, 0) is 42.5 Å². The number of nitrogens with two attached hydrogens (primary N) is 1. The number of hydrogen-bond acceptors (Lipinski definition) is 8. The van der Waals surface area contributed by atoms with E-state index in [-0.39, 0.29) is 11.8 Å². The van der Waals surface area contributed by atoms with Gasteiger partial charge in [-0.25, -0.2) is 14.4 Å². The second-order valence-electron chi connectivity index (χ2n) is 8.34. The summed E-state index contributed by atoms with van der Waals surface area (Å²) in [6.07, 6.45) is 2.88. The van der Waals surface area contributed by atoms with Crippen molar-refractivity contribution in [2.45, 2.75) is 18.9 Å². The number of anilines is 4. The Hall–Kier alpha value is -3.43. The van der Waals surface area contributed by atoms with Crippen LogP contribution in [-0.2, 0) is 9.47 Å². The average molecular weight is 466 g/mol. The van der Waals surface area contributed by atoms with Gasteiger partial charge >= 0.3 is 0 Å². The number of aromatic nitrogens is 2. The van der Waals surface area contributed by atoms with Crippen LogP contribution in [0, 0.1) is 5.82 Å². The van der Waals surface area contributed by atoms with E-state index in [0.717, 1.165) is 56.7 Å². The fourth-order valence-corrected chi connectivity index (χ4v) is 4.11. The summed E-state index contributed by atoms with van der Waals surface area (Å²) in [6, 6.07) is 13.2. The molecule has 0 unspecified atom stereocenters. The van der Waals surface area contributed by atoms with E-state index in [1.807, 2.05) is 24.3 Å². The molecule has 3 heterocycles. The molecular formula is C25H28FN5O3. The van der Waals surface area contributed by atoms with Crippen LogP contribution in [-0.4, -0.2) is 55.6 Å². The number of nitrogens with zero attached hydrogens (tertiary/aromatic N) is 3. The molecule has 2 saturated heterocycles. The fourth-order valence-electron chi connectivity index (χ4n) is 4.11. The number of morpholine rings is 1. The lowest BCUT2D eigenvalue weighted by Crippen LogP contribution is -2.36. The first kappa shape index (κ1) is 22.4. The molecule has 0 bridgehead atoms. The number of nitrogen functional groups attached to an aromatic ring is 1. The van der Waals surface area contributed by atoms with Gasteiger partial charge < -0.3 is 30.2 Å². The smallest absolute Gasteiger partial charge is 0.227 e. The molecule has 8 nitrogen and oxygen atoms in total. The molecule has 1 aromatic heterocycles. The zero-order chi connectivity index (χ0) is 23.3. The lowest BCUT2D eigenvalue weighted by Gasteiger charge is -2.28. The molecule has 3 N–H and O–H groups in total. The number of benzene rings is 2. The van der Waals surface area contributed by atoms with E-state index in [9.17, 15) is 4.39 Å². The molecule has 0 saturated carbocycles. The van der Waals surface area contributed by atoms with Crippen LogP contribution in [0.25, 0.3) is 11.3 Å². The number of ether oxygens (including phenoxy) is 3. The minimum absolute atomic E-state index is 0.0723. The Morgan fingerprint density at radius 3 is 2.47 bits per heavy atom. The molecule has 0 radical (unpaired) electrons. The van der Waals surface area contributed by atoms with Crippen molar-refractivity contribution < 1.29 is 18.6 Å². The summed E-state index contributed by atoms with van der Waals surface area (Å²) >= 11 is 0. The molecule has 2 aromatic carbocycles. The van der Waals surface area contributed by atoms with Gasteiger partial charge in [0.25, 0.3) is 0 Å². The molecule has 34 heavy (non-hydrogen) atoms. The van der Waals surface area contributed by atoms with Crippen molar-refractivity contribution in [2.75, 3.05) is 55.5 Å². The normalized spacial score (nSPS) is 16.9. The van der Waals surface area contributed by atoms with Crippen LogP contribution in [0.3, 0.4) is 0 Å². The summed E-state index contributed by atoms with van der Waals surface area (Å²) in [5.74, 6) is 0.367. The molecule has 2 aliphatic rings. The van der Waals surface area contributed by atoms with Gasteiger partial charge in [-0.15, -0.1) is 0 Å². The van der Waals surface area contributed by atoms with Crippen molar-refractivity contribution >= 4 is 23.0 Å². The van der Waals surface area contributed by atoms with Gasteiger partial charge in [0.15, 0.2) is 5.82 Å². The summed E-state index contributed by atoms with van der Waals surface area (Å²) in [4.78, 5) is 10.8. The van der Waals surface area contributed by atoms with Crippen molar-refractivity contribution in [3.8, 4) is 17.0 Å². The largest absolute Gasteiger partial charge is 0.488 e. The van der Waals surface area contributed by atoms with Crippen LogP contribution in [0.15, 0.2) is 48.7 Å². The monoisotopic (exact) mass is 465 g/mol. The van der Waals surface area contributed by atoms with Gasteiger partial charge in [0.2, 0.25) is 5.95 Å². The summed E-state index contributed by atoms with van der Waals surface area (Å²) in [6.45, 7) is 4.58. The molecule has 178 valence electrons. The van der Waals surface area contributed by atoms with Gasteiger partial charge in [0.05, 0.1) is 38.3 Å². The number of nitrogens with one attached hydrogen (secondary N) is 1. The van der Waals surface area contributed by atoms with E-state index in [1.165, 1.54) is 0 Å². The van der Waals surface area contributed by atoms with Gasteiger partial charge in [0, 0.05) is 42.9 Å². The Bertz CT molecular complexity index is 1120. The van der Waals surface area contributed by atoms with Gasteiger partial charge in [-0.3, -0.25) is 0 Å². The Kier molecular flexibility index (Phi) is 6.73. The van der Waals surface area contributed by atoms with E-state index in [1.54, 1.807) is 18.2 Å². The van der Waals surface area contributed by atoms with Crippen LogP contribution >= 0.6 is 0 Å². The van der Waals surface area contributed by atoms with Crippen LogP contribution in [0.1, 0.15) is 12.8 Å². The molecule has 2 fully saturated rings. The quantitative estimate of drug-likeness (QED) is 0.528. The molecule has 5 rings (SSSR count). The van der Waals surface area contributed by atoms with Crippen molar-refractivity contribution in [2.24, 2.45) is 0 Å². The van der Waals surface area contributed by atoms with Crippen molar-refractivity contribution in [1.29, 1.82) is 0 Å². The lowest BCUT2D eigenvalue weighted by atomic mass is 10.1. The van der Waals surface area contributed by atoms with E-state index in [2.05, 4.69) is 20.2 Å². The maximum atomic E-state index is 14.6. The summed E-state index contributed by atoms with van der Waals surface area (Å²) in [5.41, 5.74) is 9.33. The van der Waals surface area contributed by atoms with Crippen LogP contribution < -0.4 is 20.7 Å². The SMILES string of the molecule is Nc1cc(-c2nc(Nc3ccc(N4CCOCC4)cc3)ncc2F)ccc1OC1CCOCC1. The fraction of sp³-hybridized carbons (Fsp3) is 0.360. The van der Waals surface area contributed by atoms with Gasteiger partial charge in [-0.2, -0.15) is 0 Å². The zero-order valence-corrected chi connectivity index (χ0v) is 18.9. The highest BCUT2D eigenvalue weighted by Gasteiger charge is 2.18. The standard InChI is InChI=1S/C25H28FN5O3/c26-21-16-28-25(29-18-2-4-19(5-3-18)31-9-13-33-14-10-31)30-24(21)17-1-6-23(22(27)15-17)34-20-7-11-32-12-8-20/h1-6,15-16,20H,7-14,27H2,(H,28,29,30). The molecule has 0 atom stereocenters. The second kappa shape index (κ2) is 10.2. The average Bonchev–Trinajstić information content (AvgIpc) is 2.88. The summed E-state index contributed by atoms with van der Waals surface area (Å²) < 4.78 is 31.4. The second-order valence-corrected chi connectivity index (χ2v) is 8.34. The molecule has 0 spiro atoms. The van der Waals surface area contributed by atoms with Crippen molar-refractivity contribution in [1.82, 2.24) is 9.97 Å².